The summed E-state index contributed by atoms with van der Waals surface area (Å²) in [6, 6.07) is 2.94. The molecule has 3 rings (SSSR count). The predicted molar refractivity (Wildman–Crippen MR) is 154 cm³/mol. The first-order valence-corrected chi connectivity index (χ1v) is 14.5. The van der Waals surface area contributed by atoms with Gasteiger partial charge in [-0.15, -0.1) is 0 Å². The molecule has 10 unspecified atom stereocenters. The lowest BCUT2D eigenvalue weighted by Crippen LogP contribution is -2.69. The molecule has 18 heteroatoms. The standard InChI is InChI=1S/C29H39N3O15/c1-12(34)30-21-24(40)23(39)19(10-33)47-29(21)45-18-8-6-17(7-9-18)27(41)32-28-22(31-13(2)35)26(44-16(5)38)25(43-15(4)37)20(46-28)11-42-14(3)36/h6-9,19-26,28-29,33,39-40H,10-11H2,1-5H3,(H,30,34)(H,31,35)(H,32,41). The van der Waals surface area contributed by atoms with Gasteiger partial charge in [0.1, 0.15) is 48.9 Å². The molecular formula is C29H39N3O15. The van der Waals surface area contributed by atoms with Crippen LogP contribution in [0.3, 0.4) is 0 Å². The number of hydrogen-bond acceptors (Lipinski definition) is 15. The minimum Gasteiger partial charge on any atom is -0.463 e. The highest BCUT2D eigenvalue weighted by Gasteiger charge is 2.51. The summed E-state index contributed by atoms with van der Waals surface area (Å²) >= 11 is 0. The number of ether oxygens (including phenoxy) is 6. The van der Waals surface area contributed by atoms with E-state index in [0.717, 1.165) is 20.8 Å². The number of aliphatic hydroxyl groups excluding tert-OH is 3. The highest BCUT2D eigenvalue weighted by Crippen LogP contribution is 2.28. The molecule has 6 N–H and O–H groups in total. The van der Waals surface area contributed by atoms with E-state index in [-0.39, 0.29) is 11.3 Å². The second-order valence-electron chi connectivity index (χ2n) is 10.8. The van der Waals surface area contributed by atoms with Crippen LogP contribution < -0.4 is 20.7 Å². The molecule has 0 spiro atoms. The molecule has 1 aromatic carbocycles. The third kappa shape index (κ3) is 10.1. The van der Waals surface area contributed by atoms with Crippen LogP contribution in [0.4, 0.5) is 0 Å². The van der Waals surface area contributed by atoms with Crippen molar-refractivity contribution in [2.45, 2.75) is 95.8 Å². The molecule has 2 heterocycles. The fourth-order valence-electron chi connectivity index (χ4n) is 5.06. The van der Waals surface area contributed by atoms with Crippen molar-refractivity contribution in [2.24, 2.45) is 0 Å². The highest BCUT2D eigenvalue weighted by atomic mass is 16.7. The van der Waals surface area contributed by atoms with E-state index in [9.17, 15) is 44.1 Å². The van der Waals surface area contributed by atoms with Gasteiger partial charge < -0.3 is 59.7 Å². The first kappa shape index (κ1) is 37.1. The summed E-state index contributed by atoms with van der Waals surface area (Å²) in [6.07, 6.45) is -10.9. The minimum absolute atomic E-state index is 0.0527. The number of aliphatic hydroxyl groups is 3. The van der Waals surface area contributed by atoms with Gasteiger partial charge in [0, 0.05) is 40.2 Å². The van der Waals surface area contributed by atoms with Crippen LogP contribution in [-0.4, -0.2) is 125 Å². The molecular weight excluding hydrogens is 630 g/mol. The average molecular weight is 670 g/mol. The third-order valence-electron chi connectivity index (χ3n) is 7.01. The minimum atomic E-state index is -1.53. The van der Waals surface area contributed by atoms with Crippen LogP contribution in [0.25, 0.3) is 0 Å². The maximum Gasteiger partial charge on any atom is 0.303 e. The molecule has 0 radical (unpaired) electrons. The van der Waals surface area contributed by atoms with Crippen molar-refractivity contribution < 1.29 is 72.5 Å². The van der Waals surface area contributed by atoms with Crippen LogP contribution in [0, 0.1) is 0 Å². The molecule has 0 saturated carbocycles. The summed E-state index contributed by atoms with van der Waals surface area (Å²) in [4.78, 5) is 72.7. The second-order valence-corrected chi connectivity index (χ2v) is 10.8. The van der Waals surface area contributed by atoms with Gasteiger partial charge in [-0.05, 0) is 24.3 Å². The van der Waals surface area contributed by atoms with Crippen molar-refractivity contribution in [3.05, 3.63) is 29.8 Å². The number of esters is 3. The lowest BCUT2D eigenvalue weighted by atomic mass is 9.94. The van der Waals surface area contributed by atoms with Crippen LogP contribution in [0.5, 0.6) is 5.75 Å². The fourth-order valence-corrected chi connectivity index (χ4v) is 5.06. The van der Waals surface area contributed by atoms with E-state index >= 15 is 0 Å². The number of hydrogen-bond donors (Lipinski definition) is 6. The van der Waals surface area contributed by atoms with Crippen molar-refractivity contribution in [2.75, 3.05) is 13.2 Å². The molecule has 0 bridgehead atoms. The summed E-state index contributed by atoms with van der Waals surface area (Å²) < 4.78 is 33.1. The second kappa shape index (κ2) is 16.5. The van der Waals surface area contributed by atoms with Crippen LogP contribution in [-0.2, 0) is 47.7 Å². The van der Waals surface area contributed by atoms with Gasteiger partial charge in [-0.3, -0.25) is 28.8 Å². The molecule has 2 aliphatic heterocycles. The Labute approximate surface area is 268 Å². The third-order valence-corrected chi connectivity index (χ3v) is 7.01. The average Bonchev–Trinajstić information content (AvgIpc) is 2.98. The first-order valence-electron chi connectivity index (χ1n) is 14.5. The van der Waals surface area contributed by atoms with Crippen molar-refractivity contribution in [3.8, 4) is 5.75 Å². The summed E-state index contributed by atoms with van der Waals surface area (Å²) in [7, 11) is 0. The summed E-state index contributed by atoms with van der Waals surface area (Å²) in [6.45, 7) is 4.58. The van der Waals surface area contributed by atoms with Crippen molar-refractivity contribution in [3.63, 3.8) is 0 Å². The van der Waals surface area contributed by atoms with Crippen LogP contribution in [0.1, 0.15) is 45.0 Å². The Hall–Kier alpha value is -4.36. The molecule has 0 aromatic heterocycles. The maximum atomic E-state index is 13.4. The van der Waals surface area contributed by atoms with Gasteiger partial charge in [-0.1, -0.05) is 0 Å². The van der Waals surface area contributed by atoms with Gasteiger partial charge in [0.15, 0.2) is 18.4 Å². The maximum absolute atomic E-state index is 13.4. The molecule has 0 aliphatic carbocycles. The van der Waals surface area contributed by atoms with Crippen molar-refractivity contribution in [1.82, 2.24) is 16.0 Å². The van der Waals surface area contributed by atoms with Crippen LogP contribution in [0.2, 0.25) is 0 Å². The molecule has 18 nitrogen and oxygen atoms in total. The van der Waals surface area contributed by atoms with Gasteiger partial charge in [-0.25, -0.2) is 0 Å². The topological polar surface area (TPSA) is 255 Å². The Morgan fingerprint density at radius 1 is 0.723 bits per heavy atom. The van der Waals surface area contributed by atoms with Gasteiger partial charge in [-0.2, -0.15) is 0 Å². The smallest absolute Gasteiger partial charge is 0.303 e. The number of amides is 3. The SMILES string of the molecule is CC(=O)NC1C(Oc2ccc(C(=O)NC3OC(COC(C)=O)C(OC(C)=O)C(OC(C)=O)C3NC(C)=O)cc2)OC(CO)C(O)C1O. The van der Waals surface area contributed by atoms with E-state index in [4.69, 9.17) is 28.4 Å². The van der Waals surface area contributed by atoms with E-state index in [1.54, 1.807) is 0 Å². The molecule has 47 heavy (non-hydrogen) atoms. The van der Waals surface area contributed by atoms with Crippen molar-refractivity contribution in [1.29, 1.82) is 0 Å². The number of carbonyl (C=O) groups excluding carboxylic acids is 6. The van der Waals surface area contributed by atoms with Gasteiger partial charge >= 0.3 is 17.9 Å². The van der Waals surface area contributed by atoms with E-state index in [1.807, 2.05) is 0 Å². The van der Waals surface area contributed by atoms with E-state index in [0.29, 0.717) is 0 Å². The quantitative estimate of drug-likeness (QED) is 0.104. The summed E-state index contributed by atoms with van der Waals surface area (Å²) in [5.41, 5.74) is 0.0527. The largest absolute Gasteiger partial charge is 0.463 e. The Bertz CT molecular complexity index is 1310. The summed E-state index contributed by atoms with van der Waals surface area (Å²) in [5, 5.41) is 37.8. The van der Waals surface area contributed by atoms with Crippen LogP contribution in [0.15, 0.2) is 24.3 Å². The Balaban J connectivity index is 1.84. The zero-order valence-electron chi connectivity index (χ0n) is 26.2. The Morgan fingerprint density at radius 3 is 1.83 bits per heavy atom. The first-order chi connectivity index (χ1) is 22.1. The highest BCUT2D eigenvalue weighted by molar-refractivity contribution is 5.94. The lowest BCUT2D eigenvalue weighted by Gasteiger charge is -2.45. The van der Waals surface area contributed by atoms with E-state index in [1.165, 1.54) is 38.1 Å². The van der Waals surface area contributed by atoms with Gasteiger partial charge in [0.25, 0.3) is 5.91 Å². The lowest BCUT2D eigenvalue weighted by molar-refractivity contribution is -0.244. The van der Waals surface area contributed by atoms with E-state index < -0.39 is 110 Å². The molecule has 2 aliphatic rings. The Morgan fingerprint density at radius 2 is 1.30 bits per heavy atom. The number of carbonyl (C=O) groups is 6. The van der Waals surface area contributed by atoms with E-state index in [2.05, 4.69) is 16.0 Å². The van der Waals surface area contributed by atoms with Gasteiger partial charge in [0.2, 0.25) is 18.1 Å². The fraction of sp³-hybridized carbons (Fsp3) is 0.586. The normalized spacial score (nSPS) is 30.2. The zero-order chi connectivity index (χ0) is 35.0. The number of rotatable bonds is 11. The predicted octanol–water partition coefficient (Wildman–Crippen LogP) is -2.60. The molecule has 2 fully saturated rings. The monoisotopic (exact) mass is 669 g/mol. The molecule has 260 valence electrons. The molecule has 3 amide bonds. The molecule has 2 saturated heterocycles. The van der Waals surface area contributed by atoms with Crippen molar-refractivity contribution >= 4 is 35.6 Å². The Kier molecular flexibility index (Phi) is 13.0. The summed E-state index contributed by atoms with van der Waals surface area (Å²) in [5.74, 6) is -4.03. The van der Waals surface area contributed by atoms with Gasteiger partial charge in [0.05, 0.1) is 6.61 Å². The van der Waals surface area contributed by atoms with Crippen LogP contribution >= 0.6 is 0 Å². The molecule has 10 atom stereocenters. The number of benzene rings is 1. The molecule has 1 aromatic rings. The number of nitrogens with one attached hydrogen (secondary N) is 3. The zero-order valence-corrected chi connectivity index (χ0v) is 26.2.